The highest BCUT2D eigenvalue weighted by Gasteiger charge is 2.09. The largest absolute Gasteiger partial charge is 0.493 e. The van der Waals surface area contributed by atoms with Gasteiger partial charge in [-0.3, -0.25) is 4.79 Å². The molecule has 1 aromatic rings. The molecule has 0 aromatic heterocycles. The zero-order valence-electron chi connectivity index (χ0n) is 10.8. The lowest BCUT2D eigenvalue weighted by Crippen LogP contribution is -2.12. The smallest absolute Gasteiger partial charge is 0.307 e. The van der Waals surface area contributed by atoms with E-state index in [0.717, 1.165) is 0 Å². The normalized spacial score (nSPS) is 11.2. The summed E-state index contributed by atoms with van der Waals surface area (Å²) in [6, 6.07) is 6.87. The molecule has 0 aliphatic carbocycles. The van der Waals surface area contributed by atoms with Crippen LogP contribution in [0.1, 0.15) is 18.9 Å². The predicted molar refractivity (Wildman–Crippen MR) is 72.2 cm³/mol. The first-order valence-electron chi connectivity index (χ1n) is 6.07. The average Bonchev–Trinajstić information content (AvgIpc) is 2.36. The Balaban J connectivity index is 2.51. The molecule has 1 rings (SSSR count). The van der Waals surface area contributed by atoms with Crippen molar-refractivity contribution in [1.82, 2.24) is 0 Å². The summed E-state index contributed by atoms with van der Waals surface area (Å²) >= 11 is 0. The summed E-state index contributed by atoms with van der Waals surface area (Å²) in [4.78, 5) is 10.7. The second kappa shape index (κ2) is 7.13. The van der Waals surface area contributed by atoms with Gasteiger partial charge < -0.3 is 9.84 Å². The van der Waals surface area contributed by atoms with Crippen LogP contribution >= 0.6 is 0 Å². The number of carboxylic acid groups (broad SMARTS) is 1. The van der Waals surface area contributed by atoms with Crippen molar-refractivity contribution in [2.24, 2.45) is 0 Å². The van der Waals surface area contributed by atoms with Gasteiger partial charge in [0.2, 0.25) is 0 Å². The standard InChI is InChI=1S/C13H18O5S/c1-2-19(16,17)9-5-8-18-12-7-4-3-6-11(12)10-13(14)15/h3-4,6-7H,2,5,8-10H2,1H3,(H,14,15). The number of hydrogen-bond acceptors (Lipinski definition) is 4. The monoisotopic (exact) mass is 286 g/mol. The number of sulfone groups is 1. The number of rotatable bonds is 8. The van der Waals surface area contributed by atoms with Crippen LogP contribution in [0.15, 0.2) is 24.3 Å². The van der Waals surface area contributed by atoms with Gasteiger partial charge in [0.1, 0.15) is 15.6 Å². The molecule has 0 unspecified atom stereocenters. The van der Waals surface area contributed by atoms with E-state index >= 15 is 0 Å². The van der Waals surface area contributed by atoms with Gasteiger partial charge in [-0.2, -0.15) is 0 Å². The second-order valence-corrected chi connectivity index (χ2v) is 6.59. The molecule has 0 saturated heterocycles. The molecule has 19 heavy (non-hydrogen) atoms. The molecule has 1 aromatic carbocycles. The zero-order valence-corrected chi connectivity index (χ0v) is 11.6. The SMILES string of the molecule is CCS(=O)(=O)CCCOc1ccccc1CC(=O)O. The lowest BCUT2D eigenvalue weighted by atomic mass is 10.1. The number of hydrogen-bond donors (Lipinski definition) is 1. The Morgan fingerprint density at radius 3 is 2.63 bits per heavy atom. The first kappa shape index (κ1) is 15.5. The number of carbonyl (C=O) groups is 1. The van der Waals surface area contributed by atoms with Crippen molar-refractivity contribution in [1.29, 1.82) is 0 Å². The van der Waals surface area contributed by atoms with Gasteiger partial charge in [0.25, 0.3) is 0 Å². The Morgan fingerprint density at radius 2 is 2.00 bits per heavy atom. The van der Waals surface area contributed by atoms with E-state index in [2.05, 4.69) is 0 Å². The maximum Gasteiger partial charge on any atom is 0.307 e. The number of aliphatic carboxylic acids is 1. The molecule has 0 radical (unpaired) electrons. The summed E-state index contributed by atoms with van der Waals surface area (Å²) in [5.74, 6) is -0.212. The van der Waals surface area contributed by atoms with Crippen LogP contribution in [0.5, 0.6) is 5.75 Å². The fourth-order valence-electron chi connectivity index (χ4n) is 1.56. The average molecular weight is 286 g/mol. The van der Waals surface area contributed by atoms with Crippen LogP contribution in [0, 0.1) is 0 Å². The third-order valence-electron chi connectivity index (χ3n) is 2.61. The molecule has 0 saturated carbocycles. The maximum atomic E-state index is 11.3. The summed E-state index contributed by atoms with van der Waals surface area (Å²) in [7, 11) is -2.98. The molecule has 0 spiro atoms. The molecule has 0 fully saturated rings. The van der Waals surface area contributed by atoms with Gasteiger partial charge in [0, 0.05) is 11.3 Å². The quantitative estimate of drug-likeness (QED) is 0.733. The van der Waals surface area contributed by atoms with E-state index in [1.807, 2.05) is 0 Å². The van der Waals surface area contributed by atoms with Crippen LogP contribution in [0.4, 0.5) is 0 Å². The van der Waals surface area contributed by atoms with Crippen LogP contribution < -0.4 is 4.74 Å². The van der Waals surface area contributed by atoms with Gasteiger partial charge in [-0.05, 0) is 12.5 Å². The molecule has 0 aliphatic rings. The number of carboxylic acids is 1. The molecule has 0 aliphatic heterocycles. The Kier molecular flexibility index (Phi) is 5.82. The van der Waals surface area contributed by atoms with Gasteiger partial charge >= 0.3 is 5.97 Å². The van der Waals surface area contributed by atoms with Crippen LogP contribution in [0.25, 0.3) is 0 Å². The highest BCUT2D eigenvalue weighted by molar-refractivity contribution is 7.91. The first-order chi connectivity index (χ1) is 8.94. The molecule has 106 valence electrons. The van der Waals surface area contributed by atoms with E-state index in [1.54, 1.807) is 31.2 Å². The lowest BCUT2D eigenvalue weighted by molar-refractivity contribution is -0.136. The van der Waals surface area contributed by atoms with Crippen molar-refractivity contribution in [3.05, 3.63) is 29.8 Å². The lowest BCUT2D eigenvalue weighted by Gasteiger charge is -2.10. The van der Waals surface area contributed by atoms with Gasteiger partial charge in [-0.15, -0.1) is 0 Å². The van der Waals surface area contributed by atoms with Gasteiger partial charge in [-0.25, -0.2) is 8.42 Å². The minimum absolute atomic E-state index is 0.0879. The molecule has 5 nitrogen and oxygen atoms in total. The van der Waals surface area contributed by atoms with Crippen molar-refractivity contribution < 1.29 is 23.1 Å². The van der Waals surface area contributed by atoms with Crippen molar-refractivity contribution in [3.63, 3.8) is 0 Å². The van der Waals surface area contributed by atoms with E-state index in [9.17, 15) is 13.2 Å². The first-order valence-corrected chi connectivity index (χ1v) is 7.89. The predicted octanol–water partition coefficient (Wildman–Crippen LogP) is 1.52. The zero-order chi connectivity index (χ0) is 14.3. The topological polar surface area (TPSA) is 80.7 Å². The van der Waals surface area contributed by atoms with Gasteiger partial charge in [0.15, 0.2) is 0 Å². The maximum absolute atomic E-state index is 11.3. The molecular weight excluding hydrogens is 268 g/mol. The highest BCUT2D eigenvalue weighted by Crippen LogP contribution is 2.18. The molecule has 6 heteroatoms. The molecule has 0 bridgehead atoms. The molecule has 0 amide bonds. The third-order valence-corrected chi connectivity index (χ3v) is 4.40. The highest BCUT2D eigenvalue weighted by atomic mass is 32.2. The Labute approximate surface area is 113 Å². The number of ether oxygens (including phenoxy) is 1. The minimum atomic E-state index is -2.98. The van der Waals surface area contributed by atoms with E-state index in [1.165, 1.54) is 0 Å². The van der Waals surface area contributed by atoms with E-state index in [0.29, 0.717) is 17.7 Å². The molecule has 0 atom stereocenters. The fourth-order valence-corrected chi connectivity index (χ4v) is 2.41. The van der Waals surface area contributed by atoms with Crippen molar-refractivity contribution >= 4 is 15.8 Å². The Morgan fingerprint density at radius 1 is 1.32 bits per heavy atom. The summed E-state index contributed by atoms with van der Waals surface area (Å²) in [6.07, 6.45) is 0.293. The third kappa shape index (κ3) is 5.74. The van der Waals surface area contributed by atoms with E-state index < -0.39 is 15.8 Å². The summed E-state index contributed by atoms with van der Waals surface area (Å²) < 4.78 is 28.0. The van der Waals surface area contributed by atoms with Crippen molar-refractivity contribution in [3.8, 4) is 5.75 Å². The van der Waals surface area contributed by atoms with E-state index in [4.69, 9.17) is 9.84 Å². The fraction of sp³-hybridized carbons (Fsp3) is 0.462. The van der Waals surface area contributed by atoms with Crippen LogP contribution in [-0.4, -0.2) is 37.6 Å². The minimum Gasteiger partial charge on any atom is -0.493 e. The molecular formula is C13H18O5S. The summed E-state index contributed by atoms with van der Waals surface area (Å²) in [5.41, 5.74) is 0.591. The van der Waals surface area contributed by atoms with Crippen LogP contribution in [-0.2, 0) is 21.1 Å². The van der Waals surface area contributed by atoms with Crippen LogP contribution in [0.3, 0.4) is 0 Å². The Bertz CT molecular complexity index is 522. The number of benzene rings is 1. The number of para-hydroxylation sites is 1. The summed E-state index contributed by atoms with van der Waals surface area (Å²) in [5, 5.41) is 8.77. The van der Waals surface area contributed by atoms with Crippen molar-refractivity contribution in [2.45, 2.75) is 19.8 Å². The van der Waals surface area contributed by atoms with Crippen molar-refractivity contribution in [2.75, 3.05) is 18.1 Å². The van der Waals surface area contributed by atoms with Crippen LogP contribution in [0.2, 0.25) is 0 Å². The molecule has 0 heterocycles. The Hall–Kier alpha value is -1.56. The summed E-state index contributed by atoms with van der Waals surface area (Å²) in [6.45, 7) is 1.87. The van der Waals surface area contributed by atoms with Gasteiger partial charge in [-0.1, -0.05) is 25.1 Å². The molecule has 1 N–H and O–H groups in total. The van der Waals surface area contributed by atoms with Gasteiger partial charge in [0.05, 0.1) is 18.8 Å². The second-order valence-electron chi connectivity index (χ2n) is 4.12. The van der Waals surface area contributed by atoms with E-state index in [-0.39, 0.29) is 24.5 Å².